The van der Waals surface area contributed by atoms with Gasteiger partial charge in [-0.2, -0.15) is 0 Å². The van der Waals surface area contributed by atoms with E-state index in [9.17, 15) is 9.59 Å². The average Bonchev–Trinajstić information content (AvgIpc) is 2.52. The minimum Gasteiger partial charge on any atom is -0.354 e. The van der Waals surface area contributed by atoms with Crippen LogP contribution in [0.1, 0.15) is 23.2 Å². The SMILES string of the molecule is O=C(CNC(=O)c1ccccc1)NCC1CCNCC1. The van der Waals surface area contributed by atoms with Crippen LogP contribution in [0.3, 0.4) is 0 Å². The van der Waals surface area contributed by atoms with Crippen LogP contribution in [0.15, 0.2) is 30.3 Å². The summed E-state index contributed by atoms with van der Waals surface area (Å²) in [6, 6.07) is 8.89. The monoisotopic (exact) mass is 275 g/mol. The van der Waals surface area contributed by atoms with Gasteiger partial charge in [0.2, 0.25) is 5.91 Å². The van der Waals surface area contributed by atoms with Crippen molar-refractivity contribution in [1.82, 2.24) is 16.0 Å². The third-order valence-corrected chi connectivity index (χ3v) is 3.49. The molecule has 0 radical (unpaired) electrons. The number of hydrogen-bond donors (Lipinski definition) is 3. The van der Waals surface area contributed by atoms with Gasteiger partial charge < -0.3 is 16.0 Å². The molecule has 1 fully saturated rings. The number of nitrogens with one attached hydrogen (secondary N) is 3. The second kappa shape index (κ2) is 7.65. The van der Waals surface area contributed by atoms with Crippen molar-refractivity contribution in [1.29, 1.82) is 0 Å². The van der Waals surface area contributed by atoms with Gasteiger partial charge in [-0.3, -0.25) is 9.59 Å². The van der Waals surface area contributed by atoms with Crippen LogP contribution in [-0.4, -0.2) is 38.0 Å². The Hall–Kier alpha value is -1.88. The number of rotatable bonds is 5. The molecule has 20 heavy (non-hydrogen) atoms. The minimum atomic E-state index is -0.220. The Morgan fingerprint density at radius 3 is 2.50 bits per heavy atom. The van der Waals surface area contributed by atoms with Gasteiger partial charge in [-0.15, -0.1) is 0 Å². The molecule has 1 saturated heterocycles. The fraction of sp³-hybridized carbons (Fsp3) is 0.467. The Morgan fingerprint density at radius 2 is 1.80 bits per heavy atom. The zero-order valence-electron chi connectivity index (χ0n) is 11.5. The predicted molar refractivity (Wildman–Crippen MR) is 77.4 cm³/mol. The number of carbonyl (C=O) groups excluding carboxylic acids is 2. The molecule has 1 aliphatic heterocycles. The molecule has 0 unspecified atom stereocenters. The minimum absolute atomic E-state index is 0.0265. The molecule has 3 N–H and O–H groups in total. The van der Waals surface area contributed by atoms with Gasteiger partial charge in [-0.25, -0.2) is 0 Å². The van der Waals surface area contributed by atoms with Crippen LogP contribution in [-0.2, 0) is 4.79 Å². The lowest BCUT2D eigenvalue weighted by Crippen LogP contribution is -2.40. The second-order valence-electron chi connectivity index (χ2n) is 5.05. The summed E-state index contributed by atoms with van der Waals surface area (Å²) in [5.41, 5.74) is 0.568. The summed E-state index contributed by atoms with van der Waals surface area (Å²) in [6.07, 6.45) is 2.19. The summed E-state index contributed by atoms with van der Waals surface area (Å²) < 4.78 is 0. The summed E-state index contributed by atoms with van der Waals surface area (Å²) in [7, 11) is 0. The van der Waals surface area contributed by atoms with E-state index in [2.05, 4.69) is 16.0 Å². The Labute approximate surface area is 119 Å². The summed E-state index contributed by atoms with van der Waals surface area (Å²) >= 11 is 0. The summed E-state index contributed by atoms with van der Waals surface area (Å²) in [5, 5.41) is 8.79. The van der Waals surface area contributed by atoms with Crippen LogP contribution in [0.25, 0.3) is 0 Å². The molecule has 2 rings (SSSR count). The molecule has 1 heterocycles. The zero-order valence-corrected chi connectivity index (χ0v) is 11.5. The van der Waals surface area contributed by atoms with E-state index < -0.39 is 0 Å². The first-order valence-electron chi connectivity index (χ1n) is 7.06. The van der Waals surface area contributed by atoms with E-state index in [-0.39, 0.29) is 18.4 Å². The lowest BCUT2D eigenvalue weighted by molar-refractivity contribution is -0.120. The fourth-order valence-corrected chi connectivity index (χ4v) is 2.26. The van der Waals surface area contributed by atoms with E-state index in [0.29, 0.717) is 18.0 Å². The topological polar surface area (TPSA) is 70.2 Å². The van der Waals surface area contributed by atoms with Gasteiger partial charge in [-0.05, 0) is 44.0 Å². The normalized spacial score (nSPS) is 15.6. The molecule has 0 bridgehead atoms. The Bertz CT molecular complexity index is 442. The average molecular weight is 275 g/mol. The molecule has 0 spiro atoms. The molecule has 0 aliphatic carbocycles. The third-order valence-electron chi connectivity index (χ3n) is 3.49. The predicted octanol–water partition coefficient (Wildman–Crippen LogP) is 0.532. The van der Waals surface area contributed by atoms with Crippen LogP contribution >= 0.6 is 0 Å². The third kappa shape index (κ3) is 4.66. The van der Waals surface area contributed by atoms with E-state index >= 15 is 0 Å². The van der Waals surface area contributed by atoms with Gasteiger partial charge in [0.25, 0.3) is 5.91 Å². The molecular formula is C15H21N3O2. The zero-order chi connectivity index (χ0) is 14.2. The molecule has 1 aromatic carbocycles. The first kappa shape index (κ1) is 14.5. The van der Waals surface area contributed by atoms with E-state index in [1.54, 1.807) is 24.3 Å². The van der Waals surface area contributed by atoms with Gasteiger partial charge in [0.05, 0.1) is 6.54 Å². The van der Waals surface area contributed by atoms with Gasteiger partial charge in [0.15, 0.2) is 0 Å². The quantitative estimate of drug-likeness (QED) is 0.734. The molecule has 0 atom stereocenters. The van der Waals surface area contributed by atoms with Crippen LogP contribution < -0.4 is 16.0 Å². The highest BCUT2D eigenvalue weighted by Gasteiger charge is 2.14. The molecular weight excluding hydrogens is 254 g/mol. The summed E-state index contributed by atoms with van der Waals surface area (Å²) in [4.78, 5) is 23.4. The maximum atomic E-state index is 11.8. The Kier molecular flexibility index (Phi) is 5.55. The van der Waals surface area contributed by atoms with Gasteiger partial charge in [-0.1, -0.05) is 18.2 Å². The van der Waals surface area contributed by atoms with Crippen molar-refractivity contribution in [3.8, 4) is 0 Å². The Morgan fingerprint density at radius 1 is 1.10 bits per heavy atom. The van der Waals surface area contributed by atoms with Crippen molar-refractivity contribution in [3.63, 3.8) is 0 Å². The molecule has 2 amide bonds. The molecule has 0 aromatic heterocycles. The molecule has 5 nitrogen and oxygen atoms in total. The van der Waals surface area contributed by atoms with E-state index in [4.69, 9.17) is 0 Å². The number of benzene rings is 1. The number of amides is 2. The maximum Gasteiger partial charge on any atom is 0.251 e. The van der Waals surface area contributed by atoms with Gasteiger partial charge in [0, 0.05) is 12.1 Å². The number of piperidine rings is 1. The molecule has 0 saturated carbocycles. The Balaban J connectivity index is 1.66. The first-order chi connectivity index (χ1) is 9.75. The fourth-order valence-electron chi connectivity index (χ4n) is 2.26. The standard InChI is InChI=1S/C15H21N3O2/c19-14(17-10-12-6-8-16-9-7-12)11-18-15(20)13-4-2-1-3-5-13/h1-5,12,16H,6-11H2,(H,17,19)(H,18,20). The lowest BCUT2D eigenvalue weighted by atomic mass is 9.98. The number of carbonyl (C=O) groups is 2. The lowest BCUT2D eigenvalue weighted by Gasteiger charge is -2.22. The van der Waals surface area contributed by atoms with Gasteiger partial charge >= 0.3 is 0 Å². The molecule has 108 valence electrons. The number of hydrogen-bond acceptors (Lipinski definition) is 3. The van der Waals surface area contributed by atoms with E-state index in [0.717, 1.165) is 25.9 Å². The molecule has 5 heteroatoms. The van der Waals surface area contributed by atoms with Crippen molar-refractivity contribution >= 4 is 11.8 Å². The second-order valence-corrected chi connectivity index (χ2v) is 5.05. The van der Waals surface area contributed by atoms with Crippen LogP contribution in [0.5, 0.6) is 0 Å². The van der Waals surface area contributed by atoms with Crippen molar-refractivity contribution in [3.05, 3.63) is 35.9 Å². The highest BCUT2D eigenvalue weighted by atomic mass is 16.2. The highest BCUT2D eigenvalue weighted by molar-refractivity contribution is 5.96. The highest BCUT2D eigenvalue weighted by Crippen LogP contribution is 2.09. The smallest absolute Gasteiger partial charge is 0.251 e. The van der Waals surface area contributed by atoms with Crippen molar-refractivity contribution in [2.75, 3.05) is 26.2 Å². The van der Waals surface area contributed by atoms with Gasteiger partial charge in [0.1, 0.15) is 0 Å². The molecule has 1 aromatic rings. The van der Waals surface area contributed by atoms with Crippen molar-refractivity contribution in [2.24, 2.45) is 5.92 Å². The van der Waals surface area contributed by atoms with E-state index in [1.165, 1.54) is 0 Å². The van der Waals surface area contributed by atoms with Crippen molar-refractivity contribution in [2.45, 2.75) is 12.8 Å². The first-order valence-corrected chi connectivity index (χ1v) is 7.06. The maximum absolute atomic E-state index is 11.8. The summed E-state index contributed by atoms with van der Waals surface area (Å²) in [6.45, 7) is 2.76. The van der Waals surface area contributed by atoms with Crippen LogP contribution in [0.4, 0.5) is 0 Å². The van der Waals surface area contributed by atoms with E-state index in [1.807, 2.05) is 6.07 Å². The molecule has 1 aliphatic rings. The van der Waals surface area contributed by atoms with Crippen molar-refractivity contribution < 1.29 is 9.59 Å². The van der Waals surface area contributed by atoms with Crippen LogP contribution in [0, 0.1) is 5.92 Å². The largest absolute Gasteiger partial charge is 0.354 e. The summed E-state index contributed by atoms with van der Waals surface area (Å²) in [5.74, 6) is 0.195. The van der Waals surface area contributed by atoms with Crippen LogP contribution in [0.2, 0.25) is 0 Å².